The fraction of sp³-hybridized carbons (Fsp3) is 0.625. The maximum atomic E-state index is 12.5. The van der Waals surface area contributed by atoms with E-state index in [1.165, 1.54) is 0 Å². The van der Waals surface area contributed by atoms with Crippen molar-refractivity contribution >= 4 is 0 Å². The summed E-state index contributed by atoms with van der Waals surface area (Å²) in [6.07, 6.45) is 2.27. The third-order valence-electron chi connectivity index (χ3n) is 3.78. The van der Waals surface area contributed by atoms with Crippen LogP contribution in [0.5, 0.6) is 5.75 Å². The van der Waals surface area contributed by atoms with Crippen LogP contribution in [0.2, 0.25) is 0 Å². The summed E-state index contributed by atoms with van der Waals surface area (Å²) in [6.45, 7) is 3.28. The molecule has 0 aromatic heterocycles. The van der Waals surface area contributed by atoms with Gasteiger partial charge in [-0.25, -0.2) is 0 Å². The van der Waals surface area contributed by atoms with Crippen LogP contribution in [-0.4, -0.2) is 24.9 Å². The Balaban J connectivity index is 2.04. The molecule has 1 saturated heterocycles. The molecule has 1 aromatic rings. The average Bonchev–Trinajstić information content (AvgIpc) is 2.37. The second-order valence-corrected chi connectivity index (χ2v) is 5.73. The number of nitrogens with one attached hydrogen (secondary N) is 1. The van der Waals surface area contributed by atoms with E-state index < -0.39 is 6.61 Å². The van der Waals surface area contributed by atoms with Gasteiger partial charge < -0.3 is 14.8 Å². The number of para-hydroxylation sites is 1. The van der Waals surface area contributed by atoms with Gasteiger partial charge in [0, 0.05) is 17.6 Å². The predicted molar refractivity (Wildman–Crippen MR) is 77.7 cm³/mol. The molecule has 21 heavy (non-hydrogen) atoms. The number of hydrogen-bond donors (Lipinski definition) is 1. The topological polar surface area (TPSA) is 30.5 Å². The van der Waals surface area contributed by atoms with E-state index in [-0.39, 0.29) is 24.0 Å². The number of halogens is 2. The lowest BCUT2D eigenvalue weighted by Crippen LogP contribution is -2.42. The minimum atomic E-state index is -2.80. The Hall–Kier alpha value is -1.20. The van der Waals surface area contributed by atoms with Gasteiger partial charge in [-0.05, 0) is 39.7 Å². The van der Waals surface area contributed by atoms with Crippen LogP contribution in [0.25, 0.3) is 0 Å². The molecule has 2 rings (SSSR count). The summed E-state index contributed by atoms with van der Waals surface area (Å²) in [7, 11) is 0. The lowest BCUT2D eigenvalue weighted by Gasteiger charge is -2.34. The summed E-state index contributed by atoms with van der Waals surface area (Å²) in [5, 5.41) is 3.50. The van der Waals surface area contributed by atoms with Gasteiger partial charge in [0.25, 0.3) is 0 Å². The van der Waals surface area contributed by atoms with Crippen molar-refractivity contribution in [2.45, 2.75) is 64.5 Å². The number of benzene rings is 1. The van der Waals surface area contributed by atoms with Crippen LogP contribution in [0.1, 0.15) is 45.2 Å². The van der Waals surface area contributed by atoms with Crippen LogP contribution < -0.4 is 10.1 Å². The highest BCUT2D eigenvalue weighted by atomic mass is 19.3. The SMILES string of the molecule is CC1CC(NC(C)c2ccccc2OC(F)F)CC(C)O1. The third kappa shape index (κ3) is 4.64. The number of ether oxygens (including phenoxy) is 2. The van der Waals surface area contributed by atoms with E-state index in [2.05, 4.69) is 23.9 Å². The summed E-state index contributed by atoms with van der Waals surface area (Å²) >= 11 is 0. The van der Waals surface area contributed by atoms with Crippen molar-refractivity contribution in [3.05, 3.63) is 29.8 Å². The Kier molecular flexibility index (Phi) is 5.53. The van der Waals surface area contributed by atoms with Gasteiger partial charge in [-0.3, -0.25) is 0 Å². The number of rotatable bonds is 5. The minimum Gasteiger partial charge on any atom is -0.434 e. The highest BCUT2D eigenvalue weighted by Crippen LogP contribution is 2.28. The molecule has 3 nitrogen and oxygen atoms in total. The van der Waals surface area contributed by atoms with Crippen molar-refractivity contribution in [1.82, 2.24) is 5.32 Å². The summed E-state index contributed by atoms with van der Waals surface area (Å²) in [5.74, 6) is 0.237. The van der Waals surface area contributed by atoms with Gasteiger partial charge in [0.15, 0.2) is 0 Å². The van der Waals surface area contributed by atoms with Gasteiger partial charge in [-0.2, -0.15) is 8.78 Å². The molecule has 5 heteroatoms. The first kappa shape index (κ1) is 16.2. The van der Waals surface area contributed by atoms with E-state index in [0.29, 0.717) is 6.04 Å². The van der Waals surface area contributed by atoms with Crippen LogP contribution in [0.15, 0.2) is 24.3 Å². The molecule has 1 heterocycles. The monoisotopic (exact) mass is 299 g/mol. The second-order valence-electron chi connectivity index (χ2n) is 5.73. The quantitative estimate of drug-likeness (QED) is 0.894. The molecule has 1 N–H and O–H groups in total. The molecular formula is C16H23F2NO2. The van der Waals surface area contributed by atoms with Crippen molar-refractivity contribution in [3.8, 4) is 5.75 Å². The fourth-order valence-corrected chi connectivity index (χ4v) is 3.03. The zero-order valence-corrected chi connectivity index (χ0v) is 12.7. The summed E-state index contributed by atoms with van der Waals surface area (Å²) in [4.78, 5) is 0. The Labute approximate surface area is 124 Å². The molecule has 0 aliphatic carbocycles. The summed E-state index contributed by atoms with van der Waals surface area (Å²) in [5.41, 5.74) is 0.754. The maximum Gasteiger partial charge on any atom is 0.387 e. The van der Waals surface area contributed by atoms with Crippen molar-refractivity contribution in [1.29, 1.82) is 0 Å². The molecule has 3 atom stereocenters. The normalized spacial score (nSPS) is 27.6. The summed E-state index contributed by atoms with van der Waals surface area (Å²) < 4.78 is 35.2. The molecule has 0 saturated carbocycles. The largest absolute Gasteiger partial charge is 0.434 e. The Bertz CT molecular complexity index is 446. The van der Waals surface area contributed by atoms with E-state index in [1.54, 1.807) is 12.1 Å². The zero-order valence-electron chi connectivity index (χ0n) is 12.7. The Morgan fingerprint density at radius 2 is 1.81 bits per heavy atom. The predicted octanol–water partition coefficient (Wildman–Crippen LogP) is 3.89. The van der Waals surface area contributed by atoms with Crippen LogP contribution in [-0.2, 0) is 4.74 Å². The average molecular weight is 299 g/mol. The van der Waals surface area contributed by atoms with Crippen LogP contribution in [0.3, 0.4) is 0 Å². The Morgan fingerprint density at radius 1 is 1.19 bits per heavy atom. The van der Waals surface area contributed by atoms with Crippen LogP contribution >= 0.6 is 0 Å². The minimum absolute atomic E-state index is 0.0533. The van der Waals surface area contributed by atoms with Crippen molar-refractivity contribution in [2.75, 3.05) is 0 Å². The molecule has 1 aliphatic rings. The van der Waals surface area contributed by atoms with Gasteiger partial charge in [-0.1, -0.05) is 18.2 Å². The first-order chi connectivity index (χ1) is 9.95. The smallest absolute Gasteiger partial charge is 0.387 e. The summed E-state index contributed by atoms with van der Waals surface area (Å²) in [6, 6.07) is 7.20. The van der Waals surface area contributed by atoms with Gasteiger partial charge in [0.2, 0.25) is 0 Å². The fourth-order valence-electron chi connectivity index (χ4n) is 3.03. The number of hydrogen-bond acceptors (Lipinski definition) is 3. The van der Waals surface area contributed by atoms with Crippen molar-refractivity contribution in [3.63, 3.8) is 0 Å². The maximum absolute atomic E-state index is 12.5. The molecular weight excluding hydrogens is 276 g/mol. The molecule has 0 amide bonds. The van der Waals surface area contributed by atoms with Crippen molar-refractivity contribution < 1.29 is 18.3 Å². The first-order valence-electron chi connectivity index (χ1n) is 7.41. The Morgan fingerprint density at radius 3 is 2.43 bits per heavy atom. The lowest BCUT2D eigenvalue weighted by atomic mass is 9.97. The van der Waals surface area contributed by atoms with E-state index in [0.717, 1.165) is 18.4 Å². The highest BCUT2D eigenvalue weighted by Gasteiger charge is 2.26. The van der Waals surface area contributed by atoms with Crippen molar-refractivity contribution in [2.24, 2.45) is 0 Å². The van der Waals surface area contributed by atoms with Gasteiger partial charge in [-0.15, -0.1) is 0 Å². The van der Waals surface area contributed by atoms with E-state index in [1.807, 2.05) is 19.1 Å². The molecule has 0 bridgehead atoms. The first-order valence-corrected chi connectivity index (χ1v) is 7.41. The van der Waals surface area contributed by atoms with E-state index in [9.17, 15) is 8.78 Å². The number of alkyl halides is 2. The third-order valence-corrected chi connectivity index (χ3v) is 3.78. The van der Waals surface area contributed by atoms with Gasteiger partial charge in [0.05, 0.1) is 12.2 Å². The molecule has 3 unspecified atom stereocenters. The molecule has 1 aromatic carbocycles. The van der Waals surface area contributed by atoms with Crippen LogP contribution in [0.4, 0.5) is 8.78 Å². The second kappa shape index (κ2) is 7.18. The molecule has 118 valence electrons. The van der Waals surface area contributed by atoms with Crippen LogP contribution in [0, 0.1) is 0 Å². The van der Waals surface area contributed by atoms with E-state index in [4.69, 9.17) is 4.74 Å². The molecule has 1 aliphatic heterocycles. The van der Waals surface area contributed by atoms with Gasteiger partial charge in [0.1, 0.15) is 5.75 Å². The molecule has 1 fully saturated rings. The molecule has 0 radical (unpaired) electrons. The standard InChI is InChI=1S/C16H23F2NO2/c1-10-8-13(9-11(2)20-10)19-12(3)14-6-4-5-7-15(14)21-16(17)18/h4-7,10-13,16,19H,8-9H2,1-3H3. The van der Waals surface area contributed by atoms with E-state index >= 15 is 0 Å². The van der Waals surface area contributed by atoms with Gasteiger partial charge >= 0.3 is 6.61 Å². The highest BCUT2D eigenvalue weighted by molar-refractivity contribution is 5.35. The molecule has 0 spiro atoms. The lowest BCUT2D eigenvalue weighted by molar-refractivity contribution is -0.0512. The zero-order chi connectivity index (χ0) is 15.4.